The lowest BCUT2D eigenvalue weighted by Gasteiger charge is -2.10. The molecule has 2 aromatic carbocycles. The van der Waals surface area contributed by atoms with Gasteiger partial charge < -0.3 is 9.47 Å². The Labute approximate surface area is 125 Å². The predicted octanol–water partition coefficient (Wildman–Crippen LogP) is 3.80. The van der Waals surface area contributed by atoms with Gasteiger partial charge in [0.2, 0.25) is 0 Å². The number of benzene rings is 2. The summed E-state index contributed by atoms with van der Waals surface area (Å²) in [7, 11) is 0. The molecule has 0 unspecified atom stereocenters. The molecule has 0 aliphatic carbocycles. The molecule has 0 saturated carbocycles. The van der Waals surface area contributed by atoms with Gasteiger partial charge in [-0.15, -0.1) is 0 Å². The predicted molar refractivity (Wildman–Crippen MR) is 82.8 cm³/mol. The summed E-state index contributed by atoms with van der Waals surface area (Å²) < 4.78 is 10.8. The molecule has 0 amide bonds. The Morgan fingerprint density at radius 3 is 2.14 bits per heavy atom. The standard InChI is InChI=1S/C18H20O3/c1-3-14-9-11-15(12-10-14)13-18(19)21-17-8-6-5-7-16(17)20-4-2/h5-12H,3-4,13H2,1-2H3. The maximum Gasteiger partial charge on any atom is 0.315 e. The fourth-order valence-corrected chi connectivity index (χ4v) is 2.03. The molecule has 0 aliphatic heterocycles. The molecular formula is C18H20O3. The zero-order valence-electron chi connectivity index (χ0n) is 12.5. The number of hydrogen-bond donors (Lipinski definition) is 0. The number of hydrogen-bond acceptors (Lipinski definition) is 3. The lowest BCUT2D eigenvalue weighted by Crippen LogP contribution is -2.12. The largest absolute Gasteiger partial charge is 0.490 e. The number of ether oxygens (including phenoxy) is 2. The zero-order chi connectivity index (χ0) is 15.1. The van der Waals surface area contributed by atoms with Gasteiger partial charge in [0.25, 0.3) is 0 Å². The molecule has 21 heavy (non-hydrogen) atoms. The Morgan fingerprint density at radius 1 is 0.905 bits per heavy atom. The fourth-order valence-electron chi connectivity index (χ4n) is 2.03. The summed E-state index contributed by atoms with van der Waals surface area (Å²) in [6.45, 7) is 4.54. The van der Waals surface area contributed by atoms with Crippen LogP contribution in [0.5, 0.6) is 11.5 Å². The van der Waals surface area contributed by atoms with E-state index in [1.54, 1.807) is 12.1 Å². The average molecular weight is 284 g/mol. The first-order valence-electron chi connectivity index (χ1n) is 7.23. The average Bonchev–Trinajstić information content (AvgIpc) is 2.50. The highest BCUT2D eigenvalue weighted by Crippen LogP contribution is 2.26. The van der Waals surface area contributed by atoms with Crippen molar-refractivity contribution in [2.75, 3.05) is 6.61 Å². The first-order chi connectivity index (χ1) is 10.2. The van der Waals surface area contributed by atoms with Crippen molar-refractivity contribution >= 4 is 5.97 Å². The minimum absolute atomic E-state index is 0.254. The molecule has 0 N–H and O–H groups in total. The summed E-state index contributed by atoms with van der Waals surface area (Å²) in [5.41, 5.74) is 2.21. The summed E-state index contributed by atoms with van der Waals surface area (Å²) in [5, 5.41) is 0. The Kier molecular flexibility index (Phi) is 5.38. The van der Waals surface area contributed by atoms with Crippen molar-refractivity contribution < 1.29 is 14.3 Å². The highest BCUT2D eigenvalue weighted by Gasteiger charge is 2.10. The fraction of sp³-hybridized carbons (Fsp3) is 0.278. The second-order valence-corrected chi connectivity index (χ2v) is 4.70. The Hall–Kier alpha value is -2.29. The molecule has 0 heterocycles. The number of carbonyl (C=O) groups is 1. The third-order valence-corrected chi connectivity index (χ3v) is 3.15. The van der Waals surface area contributed by atoms with Crippen LogP contribution < -0.4 is 9.47 Å². The summed E-state index contributed by atoms with van der Waals surface area (Å²) in [6, 6.07) is 15.2. The third kappa shape index (κ3) is 4.35. The van der Waals surface area contributed by atoms with Crippen LogP contribution in [0.4, 0.5) is 0 Å². The van der Waals surface area contributed by atoms with Crippen LogP contribution in [-0.2, 0) is 17.6 Å². The molecule has 0 aromatic heterocycles. The summed E-state index contributed by atoms with van der Waals surface area (Å²) in [4.78, 5) is 12.0. The second kappa shape index (κ2) is 7.48. The van der Waals surface area contributed by atoms with Gasteiger partial charge in [0, 0.05) is 0 Å². The molecule has 2 aromatic rings. The van der Waals surface area contributed by atoms with Gasteiger partial charge in [-0.1, -0.05) is 43.3 Å². The smallest absolute Gasteiger partial charge is 0.315 e. The van der Waals surface area contributed by atoms with Crippen LogP contribution in [0.1, 0.15) is 25.0 Å². The third-order valence-electron chi connectivity index (χ3n) is 3.15. The number of esters is 1. The van der Waals surface area contributed by atoms with E-state index in [1.807, 2.05) is 43.3 Å². The highest BCUT2D eigenvalue weighted by molar-refractivity contribution is 5.75. The van der Waals surface area contributed by atoms with Crippen LogP contribution in [0.3, 0.4) is 0 Å². The van der Waals surface area contributed by atoms with Crippen molar-refractivity contribution in [2.24, 2.45) is 0 Å². The van der Waals surface area contributed by atoms with Gasteiger partial charge >= 0.3 is 5.97 Å². The van der Waals surface area contributed by atoms with E-state index < -0.39 is 0 Å². The van der Waals surface area contributed by atoms with E-state index in [9.17, 15) is 4.79 Å². The van der Waals surface area contributed by atoms with Crippen LogP contribution in [0.25, 0.3) is 0 Å². The molecule has 0 radical (unpaired) electrons. The molecule has 2 rings (SSSR count). The van der Waals surface area contributed by atoms with Gasteiger partial charge in [0.15, 0.2) is 11.5 Å². The molecule has 0 atom stereocenters. The van der Waals surface area contributed by atoms with Crippen molar-refractivity contribution in [1.29, 1.82) is 0 Å². The monoisotopic (exact) mass is 284 g/mol. The Bertz CT molecular complexity index is 588. The van der Waals surface area contributed by atoms with Crippen LogP contribution in [0.2, 0.25) is 0 Å². The highest BCUT2D eigenvalue weighted by atomic mass is 16.6. The number of aryl methyl sites for hydroxylation is 1. The van der Waals surface area contributed by atoms with E-state index in [0.717, 1.165) is 12.0 Å². The van der Waals surface area contributed by atoms with Gasteiger partial charge in [-0.05, 0) is 36.6 Å². The van der Waals surface area contributed by atoms with Crippen molar-refractivity contribution in [1.82, 2.24) is 0 Å². The van der Waals surface area contributed by atoms with Crippen LogP contribution >= 0.6 is 0 Å². The number of rotatable bonds is 6. The zero-order valence-corrected chi connectivity index (χ0v) is 12.5. The van der Waals surface area contributed by atoms with E-state index in [2.05, 4.69) is 6.92 Å². The van der Waals surface area contributed by atoms with Crippen molar-refractivity contribution in [3.8, 4) is 11.5 Å². The van der Waals surface area contributed by atoms with Crippen LogP contribution in [0.15, 0.2) is 48.5 Å². The van der Waals surface area contributed by atoms with Gasteiger partial charge in [0.05, 0.1) is 13.0 Å². The SMILES string of the molecule is CCOc1ccccc1OC(=O)Cc1ccc(CC)cc1. The van der Waals surface area contributed by atoms with E-state index in [4.69, 9.17) is 9.47 Å². The molecular weight excluding hydrogens is 264 g/mol. The number of carbonyl (C=O) groups excluding carboxylic acids is 1. The lowest BCUT2D eigenvalue weighted by molar-refractivity contribution is -0.133. The van der Waals surface area contributed by atoms with Crippen molar-refractivity contribution in [3.63, 3.8) is 0 Å². The minimum atomic E-state index is -0.286. The lowest BCUT2D eigenvalue weighted by atomic mass is 10.1. The molecule has 110 valence electrons. The van der Waals surface area contributed by atoms with Gasteiger partial charge in [-0.3, -0.25) is 4.79 Å². The van der Waals surface area contributed by atoms with Gasteiger partial charge in [0.1, 0.15) is 0 Å². The quantitative estimate of drug-likeness (QED) is 0.598. The van der Waals surface area contributed by atoms with Crippen molar-refractivity contribution in [2.45, 2.75) is 26.7 Å². The number of para-hydroxylation sites is 2. The summed E-state index contributed by atoms with van der Waals surface area (Å²) in [5.74, 6) is 0.774. The first-order valence-corrected chi connectivity index (χ1v) is 7.23. The maximum absolute atomic E-state index is 12.0. The van der Waals surface area contributed by atoms with E-state index in [0.29, 0.717) is 18.1 Å². The normalized spacial score (nSPS) is 10.2. The van der Waals surface area contributed by atoms with Gasteiger partial charge in [-0.25, -0.2) is 0 Å². The topological polar surface area (TPSA) is 35.5 Å². The molecule has 0 aliphatic rings. The van der Waals surface area contributed by atoms with E-state index in [-0.39, 0.29) is 12.4 Å². The van der Waals surface area contributed by atoms with Crippen LogP contribution in [0, 0.1) is 0 Å². The molecule has 3 nitrogen and oxygen atoms in total. The van der Waals surface area contributed by atoms with Crippen molar-refractivity contribution in [3.05, 3.63) is 59.7 Å². The summed E-state index contributed by atoms with van der Waals surface area (Å²) >= 11 is 0. The Balaban J connectivity index is 2.01. The molecule has 0 fully saturated rings. The Morgan fingerprint density at radius 2 is 1.52 bits per heavy atom. The minimum Gasteiger partial charge on any atom is -0.490 e. The van der Waals surface area contributed by atoms with Gasteiger partial charge in [-0.2, -0.15) is 0 Å². The van der Waals surface area contributed by atoms with E-state index in [1.165, 1.54) is 5.56 Å². The van der Waals surface area contributed by atoms with E-state index >= 15 is 0 Å². The first kappa shape index (κ1) is 15.1. The molecule has 0 bridgehead atoms. The van der Waals surface area contributed by atoms with Crippen LogP contribution in [-0.4, -0.2) is 12.6 Å². The molecule has 3 heteroatoms. The molecule has 0 spiro atoms. The summed E-state index contributed by atoms with van der Waals surface area (Å²) in [6.07, 6.45) is 1.25. The second-order valence-electron chi connectivity index (χ2n) is 4.70. The maximum atomic E-state index is 12.0. The molecule has 0 saturated heterocycles.